The maximum Gasteiger partial charge on any atom is 0.257 e. The van der Waals surface area contributed by atoms with Crippen molar-refractivity contribution in [3.05, 3.63) is 28.8 Å². The number of Topliss-reactive ketones (excluding diaryl/α,β-unsaturated/α-hetero) is 1. The molecule has 6 heteroatoms. The molecule has 0 spiro atoms. The number of hydrogen-bond acceptors (Lipinski definition) is 4. The highest BCUT2D eigenvalue weighted by Gasteiger charge is 2.29. The summed E-state index contributed by atoms with van der Waals surface area (Å²) in [6, 6.07) is 3.48. The average molecular weight is 398 g/mol. The molecule has 5 nitrogen and oxygen atoms in total. The molecule has 0 N–H and O–H groups in total. The minimum absolute atomic E-state index is 0.0563. The lowest BCUT2D eigenvalue weighted by molar-refractivity contribution is 0.0300. The molecule has 1 heterocycles. The second kappa shape index (κ2) is 7.66. The van der Waals surface area contributed by atoms with Crippen molar-refractivity contribution < 1.29 is 19.1 Å². The number of carbonyl (C=O) groups excluding carboxylic acids is 2. The molecule has 0 aliphatic carbocycles. The quantitative estimate of drug-likeness (QED) is 0.578. The van der Waals surface area contributed by atoms with E-state index in [1.165, 1.54) is 0 Å². The molecule has 1 amide bonds. The van der Waals surface area contributed by atoms with Crippen LogP contribution in [-0.4, -0.2) is 55.3 Å². The minimum atomic E-state index is -0.256. The Hall–Kier alpha value is -1.40. The molecule has 0 saturated carbocycles. The molecule has 1 fully saturated rings. The Morgan fingerprint density at radius 1 is 1.25 bits per heavy atom. The molecule has 132 valence electrons. The van der Waals surface area contributed by atoms with Gasteiger partial charge in [-0.1, -0.05) is 36.7 Å². The van der Waals surface area contributed by atoms with Crippen LogP contribution in [0.3, 0.4) is 0 Å². The summed E-state index contributed by atoms with van der Waals surface area (Å²) in [7, 11) is 1.56. The van der Waals surface area contributed by atoms with Gasteiger partial charge < -0.3 is 14.4 Å². The highest BCUT2D eigenvalue weighted by molar-refractivity contribution is 9.09. The van der Waals surface area contributed by atoms with Crippen LogP contribution < -0.4 is 4.74 Å². The summed E-state index contributed by atoms with van der Waals surface area (Å²) >= 11 is 3.21. The van der Waals surface area contributed by atoms with E-state index in [2.05, 4.69) is 15.9 Å². The van der Waals surface area contributed by atoms with Crippen molar-refractivity contribution in [1.82, 2.24) is 4.90 Å². The van der Waals surface area contributed by atoms with Gasteiger partial charge in [0, 0.05) is 24.2 Å². The number of carbonyl (C=O) groups is 2. The summed E-state index contributed by atoms with van der Waals surface area (Å²) in [4.78, 5) is 26.9. The monoisotopic (exact) mass is 397 g/mol. The first-order valence-electron chi connectivity index (χ1n) is 7.98. The third-order valence-corrected chi connectivity index (χ3v) is 4.58. The summed E-state index contributed by atoms with van der Waals surface area (Å²) in [5.74, 6) is 0.370. The van der Waals surface area contributed by atoms with Crippen LogP contribution >= 0.6 is 15.9 Å². The normalized spacial score (nSPS) is 15.3. The molecule has 0 bridgehead atoms. The van der Waals surface area contributed by atoms with Gasteiger partial charge >= 0.3 is 0 Å². The van der Waals surface area contributed by atoms with E-state index in [-0.39, 0.29) is 22.4 Å². The van der Waals surface area contributed by atoms with E-state index in [1.807, 2.05) is 26.8 Å². The van der Waals surface area contributed by atoms with Crippen molar-refractivity contribution >= 4 is 27.6 Å². The van der Waals surface area contributed by atoms with Crippen molar-refractivity contribution in [2.24, 2.45) is 0 Å². The third-order valence-electron chi connectivity index (χ3n) is 4.07. The summed E-state index contributed by atoms with van der Waals surface area (Å²) in [5, 5.41) is 0.216. The number of ether oxygens (including phenoxy) is 2. The van der Waals surface area contributed by atoms with Gasteiger partial charge in [0.15, 0.2) is 5.78 Å². The second-order valence-electron chi connectivity index (χ2n) is 6.82. The van der Waals surface area contributed by atoms with Crippen LogP contribution in [0.5, 0.6) is 5.75 Å². The second-order valence-corrected chi connectivity index (χ2v) is 7.38. The molecule has 0 unspecified atom stereocenters. The van der Waals surface area contributed by atoms with Gasteiger partial charge in [-0.3, -0.25) is 9.59 Å². The van der Waals surface area contributed by atoms with Crippen LogP contribution in [0.15, 0.2) is 12.1 Å². The molecular formula is C18H24BrNO4. The first-order valence-corrected chi connectivity index (χ1v) is 9.10. The fraction of sp³-hybridized carbons (Fsp3) is 0.556. The van der Waals surface area contributed by atoms with Crippen molar-refractivity contribution in [3.63, 3.8) is 0 Å². The molecular weight excluding hydrogens is 374 g/mol. The maximum absolute atomic E-state index is 13.0. The number of hydrogen-bond donors (Lipinski definition) is 0. The van der Waals surface area contributed by atoms with Crippen LogP contribution in [0.25, 0.3) is 0 Å². The fourth-order valence-corrected chi connectivity index (χ4v) is 3.06. The van der Waals surface area contributed by atoms with E-state index in [1.54, 1.807) is 18.1 Å². The lowest BCUT2D eigenvalue weighted by atomic mass is 9.83. The molecule has 1 aliphatic rings. The Balaban J connectivity index is 2.58. The molecule has 0 aromatic heterocycles. The van der Waals surface area contributed by atoms with E-state index in [0.29, 0.717) is 43.2 Å². The minimum Gasteiger partial charge on any atom is -0.496 e. The van der Waals surface area contributed by atoms with E-state index in [4.69, 9.17) is 9.47 Å². The number of rotatable bonds is 4. The van der Waals surface area contributed by atoms with Gasteiger partial charge in [-0.15, -0.1) is 0 Å². The fourth-order valence-electron chi connectivity index (χ4n) is 2.74. The Bertz CT molecular complexity index is 631. The predicted molar refractivity (Wildman–Crippen MR) is 96.5 cm³/mol. The summed E-state index contributed by atoms with van der Waals surface area (Å²) in [6.07, 6.45) is 0. The van der Waals surface area contributed by atoms with Crippen molar-refractivity contribution in [2.75, 3.05) is 38.7 Å². The Morgan fingerprint density at radius 3 is 2.38 bits per heavy atom. The van der Waals surface area contributed by atoms with Crippen LogP contribution in [0.4, 0.5) is 0 Å². The lowest BCUT2D eigenvalue weighted by Crippen LogP contribution is -2.41. The zero-order valence-corrected chi connectivity index (χ0v) is 16.2. The van der Waals surface area contributed by atoms with Crippen LogP contribution in [0.1, 0.15) is 47.1 Å². The number of alkyl halides is 1. The van der Waals surface area contributed by atoms with E-state index < -0.39 is 0 Å². The van der Waals surface area contributed by atoms with E-state index >= 15 is 0 Å². The zero-order chi connectivity index (χ0) is 17.9. The van der Waals surface area contributed by atoms with E-state index in [0.717, 1.165) is 5.56 Å². The molecule has 2 rings (SSSR count). The van der Waals surface area contributed by atoms with Gasteiger partial charge in [0.05, 0.1) is 31.2 Å². The van der Waals surface area contributed by atoms with Gasteiger partial charge in [-0.2, -0.15) is 0 Å². The molecule has 0 radical (unpaired) electrons. The lowest BCUT2D eigenvalue weighted by Gasteiger charge is -2.29. The predicted octanol–water partition coefficient (Wildman–Crippen LogP) is 3.04. The summed E-state index contributed by atoms with van der Waals surface area (Å²) in [5.41, 5.74) is 1.56. The summed E-state index contributed by atoms with van der Waals surface area (Å²) < 4.78 is 10.9. The number of methoxy groups -OCH3 is 1. The standard InChI is InChI=1S/C18H24BrNO4/c1-18(2,3)14-10-12(15(21)11-19)9-13(16(14)23-4)17(22)20-5-7-24-8-6-20/h9-10H,5-8,11H2,1-4H3. The van der Waals surface area contributed by atoms with Crippen LogP contribution in [0, 0.1) is 0 Å². The first-order chi connectivity index (χ1) is 11.3. The molecule has 1 aliphatic heterocycles. The SMILES string of the molecule is COc1c(C(=O)N2CCOCC2)cc(C(=O)CBr)cc1C(C)(C)C. The Labute approximate surface area is 151 Å². The third kappa shape index (κ3) is 3.98. The highest BCUT2D eigenvalue weighted by Crippen LogP contribution is 2.36. The molecule has 24 heavy (non-hydrogen) atoms. The van der Waals surface area contributed by atoms with Crippen LogP contribution in [0.2, 0.25) is 0 Å². The maximum atomic E-state index is 13.0. The van der Waals surface area contributed by atoms with Gasteiger partial charge in [-0.25, -0.2) is 0 Å². The largest absolute Gasteiger partial charge is 0.496 e. The number of halogens is 1. The zero-order valence-electron chi connectivity index (χ0n) is 14.6. The molecule has 0 atom stereocenters. The van der Waals surface area contributed by atoms with Crippen LogP contribution in [-0.2, 0) is 10.2 Å². The number of nitrogens with zero attached hydrogens (tertiary/aromatic N) is 1. The summed E-state index contributed by atoms with van der Waals surface area (Å²) in [6.45, 7) is 8.26. The van der Waals surface area contributed by atoms with Crippen molar-refractivity contribution in [3.8, 4) is 5.75 Å². The smallest absolute Gasteiger partial charge is 0.257 e. The number of morpholine rings is 1. The number of benzene rings is 1. The van der Waals surface area contributed by atoms with Gasteiger partial charge in [0.25, 0.3) is 5.91 Å². The van der Waals surface area contributed by atoms with Crippen molar-refractivity contribution in [2.45, 2.75) is 26.2 Å². The van der Waals surface area contributed by atoms with Gasteiger partial charge in [0.1, 0.15) is 5.75 Å². The van der Waals surface area contributed by atoms with Gasteiger partial charge in [-0.05, 0) is 17.5 Å². The Kier molecular flexibility index (Phi) is 6.04. The topological polar surface area (TPSA) is 55.8 Å². The average Bonchev–Trinajstić information content (AvgIpc) is 2.59. The molecule has 1 aromatic rings. The first kappa shape index (κ1) is 18.9. The number of ketones is 1. The van der Waals surface area contributed by atoms with E-state index in [9.17, 15) is 9.59 Å². The van der Waals surface area contributed by atoms with Crippen molar-refractivity contribution in [1.29, 1.82) is 0 Å². The molecule has 1 aromatic carbocycles. The number of amides is 1. The molecule has 1 saturated heterocycles. The Morgan fingerprint density at radius 2 is 1.88 bits per heavy atom. The van der Waals surface area contributed by atoms with Gasteiger partial charge in [0.2, 0.25) is 0 Å². The highest BCUT2D eigenvalue weighted by atomic mass is 79.9.